The Labute approximate surface area is 62.0 Å². The molecule has 2 N–H and O–H groups in total. The minimum Gasteiger partial charge on any atom is -0.424 e. The molecule has 0 saturated carbocycles. The van der Waals surface area contributed by atoms with E-state index in [-0.39, 0.29) is 0 Å². The second-order valence-corrected chi connectivity index (χ2v) is 2.02. The Morgan fingerprint density at radius 3 is 2.50 bits per heavy atom. The summed E-state index contributed by atoms with van der Waals surface area (Å²) in [7, 11) is -1.33. The molecule has 0 spiro atoms. The highest BCUT2D eigenvalue weighted by atomic mass is 16.4. The predicted octanol–water partition coefficient (Wildman–Crippen LogP) is 0.911. The molecule has 56 valence electrons. The number of unbranched alkanes of at least 4 members (excludes halogenated alkanes) is 1. The first-order chi connectivity index (χ1) is 4.77. The summed E-state index contributed by atoms with van der Waals surface area (Å²) < 4.78 is 0. The van der Waals surface area contributed by atoms with Crippen molar-refractivity contribution in [3.05, 3.63) is 24.2 Å². The van der Waals surface area contributed by atoms with Crippen LogP contribution in [0.5, 0.6) is 0 Å². The Balaban J connectivity index is 3.32. The normalized spacial score (nSPS) is 11.5. The molecule has 0 amide bonds. The second-order valence-electron chi connectivity index (χ2n) is 2.02. The van der Waals surface area contributed by atoms with Crippen molar-refractivity contribution in [2.24, 2.45) is 0 Å². The molecule has 0 unspecified atom stereocenters. The molecular formula is C7H13BO2. The van der Waals surface area contributed by atoms with Gasteiger partial charge < -0.3 is 10.0 Å². The van der Waals surface area contributed by atoms with Crippen LogP contribution in [-0.4, -0.2) is 17.2 Å². The summed E-state index contributed by atoms with van der Waals surface area (Å²) >= 11 is 0. The molecule has 0 aromatic rings. The summed E-state index contributed by atoms with van der Waals surface area (Å²) in [5, 5.41) is 16.7. The lowest BCUT2D eigenvalue weighted by Gasteiger charge is -1.82. The zero-order chi connectivity index (χ0) is 7.82. The van der Waals surface area contributed by atoms with Crippen LogP contribution < -0.4 is 0 Å². The molecule has 0 aromatic heterocycles. The third kappa shape index (κ3) is 7.46. The number of allylic oxidation sites excluding steroid dienone is 3. The van der Waals surface area contributed by atoms with E-state index in [1.165, 1.54) is 5.98 Å². The van der Waals surface area contributed by atoms with Crippen LogP contribution in [0.1, 0.15) is 19.8 Å². The zero-order valence-corrected chi connectivity index (χ0v) is 6.20. The zero-order valence-electron chi connectivity index (χ0n) is 6.20. The van der Waals surface area contributed by atoms with E-state index in [0.29, 0.717) is 0 Å². The molecule has 3 heteroatoms. The van der Waals surface area contributed by atoms with E-state index in [0.717, 1.165) is 12.8 Å². The highest BCUT2D eigenvalue weighted by Gasteiger charge is 1.94. The van der Waals surface area contributed by atoms with Gasteiger partial charge in [0.25, 0.3) is 0 Å². The van der Waals surface area contributed by atoms with Crippen LogP contribution in [0.4, 0.5) is 0 Å². The first-order valence-electron chi connectivity index (χ1n) is 3.47. The van der Waals surface area contributed by atoms with Crippen molar-refractivity contribution in [3.63, 3.8) is 0 Å². The quantitative estimate of drug-likeness (QED) is 0.450. The molecule has 0 saturated heterocycles. The molecule has 2 nitrogen and oxygen atoms in total. The third-order valence-electron chi connectivity index (χ3n) is 0.986. The Morgan fingerprint density at radius 2 is 2.00 bits per heavy atom. The van der Waals surface area contributed by atoms with Gasteiger partial charge in [0.2, 0.25) is 0 Å². The summed E-state index contributed by atoms with van der Waals surface area (Å²) in [4.78, 5) is 0. The standard InChI is InChI=1S/C7H13BO2/c1-2-3-4-5-6-7-8(9)10/h4-7,9-10H,2-3H2,1H3/b5-4+,7-6+. The van der Waals surface area contributed by atoms with Crippen molar-refractivity contribution in [1.29, 1.82) is 0 Å². The molecule has 0 aliphatic rings. The van der Waals surface area contributed by atoms with Gasteiger partial charge in [0.05, 0.1) is 0 Å². The van der Waals surface area contributed by atoms with Crippen molar-refractivity contribution in [2.45, 2.75) is 19.8 Å². The van der Waals surface area contributed by atoms with E-state index < -0.39 is 7.12 Å². The van der Waals surface area contributed by atoms with Crippen LogP contribution in [0.15, 0.2) is 24.2 Å². The highest BCUT2D eigenvalue weighted by Crippen LogP contribution is 1.88. The van der Waals surface area contributed by atoms with Crippen molar-refractivity contribution >= 4 is 7.12 Å². The molecule has 0 atom stereocenters. The van der Waals surface area contributed by atoms with Gasteiger partial charge in [-0.2, -0.15) is 0 Å². The van der Waals surface area contributed by atoms with Gasteiger partial charge in [0, 0.05) is 0 Å². The topological polar surface area (TPSA) is 40.5 Å². The maximum Gasteiger partial charge on any atom is 0.480 e. The van der Waals surface area contributed by atoms with E-state index in [1.807, 2.05) is 12.2 Å². The predicted molar refractivity (Wildman–Crippen MR) is 43.4 cm³/mol. The Morgan fingerprint density at radius 1 is 1.30 bits per heavy atom. The minimum absolute atomic E-state index is 1.03. The summed E-state index contributed by atoms with van der Waals surface area (Å²) in [5.41, 5.74) is 0. The summed E-state index contributed by atoms with van der Waals surface area (Å²) in [6, 6.07) is 0. The Kier molecular flexibility index (Phi) is 6.23. The fourth-order valence-corrected chi connectivity index (χ4v) is 0.505. The molecule has 0 bridgehead atoms. The lowest BCUT2D eigenvalue weighted by atomic mass is 9.92. The Bertz CT molecular complexity index is 119. The van der Waals surface area contributed by atoms with E-state index in [9.17, 15) is 0 Å². The SMILES string of the molecule is CCC/C=C/C=C/B(O)O. The van der Waals surface area contributed by atoms with Crippen molar-refractivity contribution < 1.29 is 10.0 Å². The smallest absolute Gasteiger partial charge is 0.424 e. The van der Waals surface area contributed by atoms with Gasteiger partial charge in [-0.3, -0.25) is 0 Å². The second kappa shape index (κ2) is 6.58. The maximum atomic E-state index is 8.34. The molecule has 0 rings (SSSR count). The monoisotopic (exact) mass is 140 g/mol. The number of hydrogen-bond donors (Lipinski definition) is 2. The van der Waals surface area contributed by atoms with Crippen LogP contribution >= 0.6 is 0 Å². The van der Waals surface area contributed by atoms with Gasteiger partial charge in [-0.15, -0.1) is 0 Å². The summed E-state index contributed by atoms with van der Waals surface area (Å²) in [5.74, 6) is 1.31. The van der Waals surface area contributed by atoms with Crippen LogP contribution in [-0.2, 0) is 0 Å². The highest BCUT2D eigenvalue weighted by molar-refractivity contribution is 6.47. The first-order valence-corrected chi connectivity index (χ1v) is 3.47. The van der Waals surface area contributed by atoms with E-state index in [2.05, 4.69) is 6.92 Å². The van der Waals surface area contributed by atoms with Gasteiger partial charge in [0.1, 0.15) is 0 Å². The van der Waals surface area contributed by atoms with Gasteiger partial charge in [-0.1, -0.05) is 37.5 Å². The molecule has 10 heavy (non-hydrogen) atoms. The first kappa shape index (κ1) is 9.46. The average molecular weight is 140 g/mol. The molecule has 0 aromatic carbocycles. The summed E-state index contributed by atoms with van der Waals surface area (Å²) in [6.07, 6.45) is 7.57. The number of hydrogen-bond acceptors (Lipinski definition) is 2. The van der Waals surface area contributed by atoms with Crippen LogP contribution in [0, 0.1) is 0 Å². The van der Waals surface area contributed by atoms with Crippen molar-refractivity contribution in [1.82, 2.24) is 0 Å². The van der Waals surface area contributed by atoms with Crippen molar-refractivity contribution in [2.75, 3.05) is 0 Å². The fourth-order valence-electron chi connectivity index (χ4n) is 0.505. The van der Waals surface area contributed by atoms with Crippen LogP contribution in [0.3, 0.4) is 0 Å². The summed E-state index contributed by atoms with van der Waals surface area (Å²) in [6.45, 7) is 2.09. The van der Waals surface area contributed by atoms with E-state index >= 15 is 0 Å². The minimum atomic E-state index is -1.33. The molecule has 0 heterocycles. The molecule has 0 radical (unpaired) electrons. The van der Waals surface area contributed by atoms with Crippen LogP contribution in [0.25, 0.3) is 0 Å². The lowest BCUT2D eigenvalue weighted by molar-refractivity contribution is 0.424. The molecule has 0 fully saturated rings. The third-order valence-corrected chi connectivity index (χ3v) is 0.986. The lowest BCUT2D eigenvalue weighted by Crippen LogP contribution is -2.04. The number of rotatable bonds is 4. The van der Waals surface area contributed by atoms with Gasteiger partial charge in [0.15, 0.2) is 0 Å². The fraction of sp³-hybridized carbons (Fsp3) is 0.429. The van der Waals surface area contributed by atoms with E-state index in [4.69, 9.17) is 10.0 Å². The Hall–Kier alpha value is -0.535. The molecule has 0 aliphatic carbocycles. The van der Waals surface area contributed by atoms with Crippen LogP contribution in [0.2, 0.25) is 0 Å². The van der Waals surface area contributed by atoms with Gasteiger partial charge in [-0.25, -0.2) is 0 Å². The van der Waals surface area contributed by atoms with Gasteiger partial charge >= 0.3 is 7.12 Å². The molecular weight excluding hydrogens is 127 g/mol. The van der Waals surface area contributed by atoms with E-state index in [1.54, 1.807) is 6.08 Å². The molecule has 0 aliphatic heterocycles. The largest absolute Gasteiger partial charge is 0.480 e. The average Bonchev–Trinajstić information content (AvgIpc) is 1.87. The van der Waals surface area contributed by atoms with Crippen molar-refractivity contribution in [3.8, 4) is 0 Å². The van der Waals surface area contributed by atoms with Gasteiger partial charge in [-0.05, 0) is 6.42 Å². The maximum absolute atomic E-state index is 8.34.